The fourth-order valence-electron chi connectivity index (χ4n) is 1.29. The molecule has 1 heterocycles. The van der Waals surface area contributed by atoms with Gasteiger partial charge in [0, 0.05) is 0 Å². The number of nitrogens with zero attached hydrogens (tertiary/aromatic N) is 1. The number of nitrogens with one attached hydrogen (secondary N) is 1. The lowest BCUT2D eigenvalue weighted by Gasteiger charge is -2.07. The Kier molecular flexibility index (Phi) is 3.26. The Morgan fingerprint density at radius 2 is 2.44 bits per heavy atom. The summed E-state index contributed by atoms with van der Waals surface area (Å²) in [6.07, 6.45) is -0.523. The number of rotatable bonds is 2. The van der Waals surface area contributed by atoms with Crippen molar-refractivity contribution in [1.29, 1.82) is 0 Å². The molecule has 1 aromatic carbocycles. The van der Waals surface area contributed by atoms with Crippen molar-refractivity contribution in [1.82, 2.24) is 4.98 Å². The molecule has 0 saturated heterocycles. The summed E-state index contributed by atoms with van der Waals surface area (Å²) < 4.78 is 5.76. The van der Waals surface area contributed by atoms with Crippen molar-refractivity contribution in [3.05, 3.63) is 22.7 Å². The first kappa shape index (κ1) is 11.2. The quantitative estimate of drug-likeness (QED) is 0.894. The molecule has 0 saturated carbocycles. The number of fused-ring (bicyclic) bond motifs is 1. The Hall–Kier alpha value is -1.33. The van der Waals surface area contributed by atoms with Crippen LogP contribution in [-0.4, -0.2) is 17.7 Å². The van der Waals surface area contributed by atoms with Crippen molar-refractivity contribution in [2.24, 2.45) is 0 Å². The maximum atomic E-state index is 11.3. The van der Waals surface area contributed by atoms with E-state index in [2.05, 4.69) is 10.3 Å². The molecule has 0 atom stereocenters. The van der Waals surface area contributed by atoms with E-state index in [-0.39, 0.29) is 0 Å². The summed E-state index contributed by atoms with van der Waals surface area (Å²) in [5, 5.41) is 3.04. The molecule has 84 valence electrons. The minimum Gasteiger partial charge on any atom is -0.450 e. The van der Waals surface area contributed by atoms with Gasteiger partial charge in [0.15, 0.2) is 0 Å². The van der Waals surface area contributed by atoms with Gasteiger partial charge in [0.2, 0.25) is 0 Å². The molecule has 1 N–H and O–H groups in total. The summed E-state index contributed by atoms with van der Waals surface area (Å²) in [4.78, 5) is 15.5. The molecule has 1 amide bonds. The molecule has 0 bridgehead atoms. The minimum atomic E-state index is -0.523. The Morgan fingerprint density at radius 3 is 3.19 bits per heavy atom. The molecule has 0 aliphatic heterocycles. The van der Waals surface area contributed by atoms with Gasteiger partial charge in [-0.2, -0.15) is 0 Å². The lowest BCUT2D eigenvalue weighted by molar-refractivity contribution is 0.168. The minimum absolute atomic E-state index is 0.316. The zero-order chi connectivity index (χ0) is 11.5. The average Bonchev–Trinajstić information content (AvgIpc) is 2.71. The Morgan fingerprint density at radius 1 is 1.62 bits per heavy atom. The van der Waals surface area contributed by atoms with Crippen molar-refractivity contribution in [3.63, 3.8) is 0 Å². The van der Waals surface area contributed by atoms with Gasteiger partial charge in [0.25, 0.3) is 0 Å². The number of thiazole rings is 1. The van der Waals surface area contributed by atoms with Crippen molar-refractivity contribution >= 4 is 44.9 Å². The molecule has 0 fully saturated rings. The van der Waals surface area contributed by atoms with Gasteiger partial charge >= 0.3 is 6.09 Å². The summed E-state index contributed by atoms with van der Waals surface area (Å²) in [5.74, 6) is 0. The zero-order valence-corrected chi connectivity index (χ0v) is 10.1. The molecule has 4 nitrogen and oxygen atoms in total. The molecule has 1 aromatic heterocycles. The molecule has 2 rings (SSSR count). The summed E-state index contributed by atoms with van der Waals surface area (Å²) in [6.45, 7) is 2.06. The first-order chi connectivity index (χ1) is 7.72. The molecule has 0 unspecified atom stereocenters. The molecular weight excluding hydrogens is 248 g/mol. The molecule has 0 spiro atoms. The first-order valence-corrected chi connectivity index (χ1v) is 5.93. The number of carbonyl (C=O) groups excluding carboxylic acids is 1. The third-order valence-corrected chi connectivity index (χ3v) is 3.06. The molecular formula is C10H9ClN2O2S. The smallest absolute Gasteiger partial charge is 0.411 e. The number of benzene rings is 1. The van der Waals surface area contributed by atoms with E-state index in [1.54, 1.807) is 18.5 Å². The second-order valence-corrected chi connectivity index (χ2v) is 4.26. The summed E-state index contributed by atoms with van der Waals surface area (Å²) in [6, 6.07) is 3.59. The monoisotopic (exact) mass is 256 g/mol. The van der Waals surface area contributed by atoms with E-state index < -0.39 is 6.09 Å². The van der Waals surface area contributed by atoms with E-state index >= 15 is 0 Å². The van der Waals surface area contributed by atoms with Crippen LogP contribution >= 0.6 is 22.9 Å². The van der Waals surface area contributed by atoms with Crippen LogP contribution in [0.1, 0.15) is 6.92 Å². The maximum absolute atomic E-state index is 11.3. The predicted octanol–water partition coefficient (Wildman–Crippen LogP) is 3.52. The maximum Gasteiger partial charge on any atom is 0.411 e. The highest BCUT2D eigenvalue weighted by atomic mass is 35.5. The second kappa shape index (κ2) is 4.67. The molecule has 6 heteroatoms. The number of hydrogen-bond donors (Lipinski definition) is 1. The zero-order valence-electron chi connectivity index (χ0n) is 8.49. The number of ether oxygens (including phenoxy) is 1. The van der Waals surface area contributed by atoms with E-state index in [1.165, 1.54) is 11.3 Å². The van der Waals surface area contributed by atoms with Crippen LogP contribution in [0.2, 0.25) is 5.02 Å². The van der Waals surface area contributed by atoms with E-state index in [9.17, 15) is 4.79 Å². The number of anilines is 1. The number of hydrogen-bond acceptors (Lipinski definition) is 4. The highest BCUT2D eigenvalue weighted by Crippen LogP contribution is 2.32. The lowest BCUT2D eigenvalue weighted by atomic mass is 10.3. The van der Waals surface area contributed by atoms with Gasteiger partial charge in [0.05, 0.1) is 27.5 Å². The number of amides is 1. The SMILES string of the molecule is CCOC(=O)Nc1c(Cl)ccc2scnc12. The van der Waals surface area contributed by atoms with Crippen LogP contribution in [-0.2, 0) is 4.74 Å². The summed E-state index contributed by atoms with van der Waals surface area (Å²) in [7, 11) is 0. The van der Waals surface area contributed by atoms with E-state index in [1.807, 2.05) is 6.07 Å². The Labute approximate surface area is 101 Å². The van der Waals surface area contributed by atoms with Crippen LogP contribution in [0.4, 0.5) is 10.5 Å². The standard InChI is InChI=1S/C10H9ClN2O2S/c1-2-15-10(14)13-8-6(11)3-4-7-9(8)12-5-16-7/h3-5H,2H2,1H3,(H,13,14). The predicted molar refractivity (Wildman–Crippen MR) is 65.3 cm³/mol. The molecule has 0 aliphatic carbocycles. The molecule has 0 aliphatic rings. The Bertz CT molecular complexity index is 527. The number of carbonyl (C=O) groups is 1. The Balaban J connectivity index is 2.38. The molecule has 16 heavy (non-hydrogen) atoms. The number of halogens is 1. The van der Waals surface area contributed by atoms with Crippen LogP contribution in [0.15, 0.2) is 17.6 Å². The highest BCUT2D eigenvalue weighted by molar-refractivity contribution is 7.16. The first-order valence-electron chi connectivity index (χ1n) is 4.68. The summed E-state index contributed by atoms with van der Waals surface area (Å²) in [5.41, 5.74) is 2.89. The fraction of sp³-hybridized carbons (Fsp3) is 0.200. The van der Waals surface area contributed by atoms with E-state index in [0.29, 0.717) is 22.8 Å². The average molecular weight is 257 g/mol. The van der Waals surface area contributed by atoms with Crippen LogP contribution < -0.4 is 5.32 Å². The third-order valence-electron chi connectivity index (χ3n) is 1.95. The van der Waals surface area contributed by atoms with Gasteiger partial charge in [-0.1, -0.05) is 11.6 Å². The van der Waals surface area contributed by atoms with Crippen molar-refractivity contribution in [3.8, 4) is 0 Å². The lowest BCUT2D eigenvalue weighted by Crippen LogP contribution is -2.13. The molecule has 2 aromatic rings. The van der Waals surface area contributed by atoms with Crippen LogP contribution in [0.3, 0.4) is 0 Å². The van der Waals surface area contributed by atoms with Crippen LogP contribution in [0, 0.1) is 0 Å². The topological polar surface area (TPSA) is 51.2 Å². The largest absolute Gasteiger partial charge is 0.450 e. The summed E-state index contributed by atoms with van der Waals surface area (Å²) >= 11 is 7.49. The normalized spacial score (nSPS) is 10.4. The van der Waals surface area contributed by atoms with Gasteiger partial charge in [-0.15, -0.1) is 11.3 Å². The van der Waals surface area contributed by atoms with Crippen molar-refractivity contribution in [2.45, 2.75) is 6.92 Å². The van der Waals surface area contributed by atoms with Crippen molar-refractivity contribution in [2.75, 3.05) is 11.9 Å². The van der Waals surface area contributed by atoms with Gasteiger partial charge in [0.1, 0.15) is 5.52 Å². The van der Waals surface area contributed by atoms with E-state index in [0.717, 1.165) is 4.70 Å². The van der Waals surface area contributed by atoms with Crippen molar-refractivity contribution < 1.29 is 9.53 Å². The van der Waals surface area contributed by atoms with E-state index in [4.69, 9.17) is 16.3 Å². The van der Waals surface area contributed by atoms with Crippen LogP contribution in [0.25, 0.3) is 10.2 Å². The molecule has 0 radical (unpaired) electrons. The van der Waals surface area contributed by atoms with Gasteiger partial charge in [-0.05, 0) is 19.1 Å². The second-order valence-electron chi connectivity index (χ2n) is 2.97. The van der Waals surface area contributed by atoms with Gasteiger partial charge in [-0.25, -0.2) is 9.78 Å². The fourth-order valence-corrected chi connectivity index (χ4v) is 2.18. The van der Waals surface area contributed by atoms with Gasteiger partial charge in [-0.3, -0.25) is 5.32 Å². The number of aromatic nitrogens is 1. The van der Waals surface area contributed by atoms with Gasteiger partial charge < -0.3 is 4.74 Å². The third kappa shape index (κ3) is 2.10. The van der Waals surface area contributed by atoms with Crippen LogP contribution in [0.5, 0.6) is 0 Å². The highest BCUT2D eigenvalue weighted by Gasteiger charge is 2.11.